The van der Waals surface area contributed by atoms with Crippen LogP contribution in [0.25, 0.3) is 5.57 Å². The molecule has 0 atom stereocenters. The van der Waals surface area contributed by atoms with Crippen LogP contribution in [0.2, 0.25) is 0 Å². The number of hydrogen-bond donors (Lipinski definition) is 0. The number of amides is 1. The summed E-state index contributed by atoms with van der Waals surface area (Å²) in [6.07, 6.45) is 1.73. The Balaban J connectivity index is 2.62. The summed E-state index contributed by atoms with van der Waals surface area (Å²) in [5.41, 5.74) is 8.09. The van der Waals surface area contributed by atoms with Gasteiger partial charge in [0.1, 0.15) is 0 Å². The van der Waals surface area contributed by atoms with Crippen molar-refractivity contribution in [1.82, 2.24) is 4.90 Å². The maximum Gasteiger partial charge on any atom is 0.246 e. The number of hydrogen-bond acceptors (Lipinski definition) is 1. The topological polar surface area (TPSA) is 20.3 Å². The zero-order chi connectivity index (χ0) is 17.1. The predicted octanol–water partition coefficient (Wildman–Crippen LogP) is 4.44. The summed E-state index contributed by atoms with van der Waals surface area (Å²) >= 11 is 0. The van der Waals surface area contributed by atoms with Crippen LogP contribution in [0.3, 0.4) is 0 Å². The third kappa shape index (κ3) is 3.89. The normalized spacial score (nSPS) is 10.3. The van der Waals surface area contributed by atoms with Gasteiger partial charge in [0.25, 0.3) is 0 Å². The number of nitrogens with zero attached hydrogens (tertiary/aromatic N) is 1. The van der Waals surface area contributed by atoms with Gasteiger partial charge in [0.15, 0.2) is 0 Å². The van der Waals surface area contributed by atoms with Crippen LogP contribution in [0, 0.1) is 27.7 Å². The van der Waals surface area contributed by atoms with Gasteiger partial charge in [-0.1, -0.05) is 36.4 Å². The molecule has 0 spiro atoms. The highest BCUT2D eigenvalue weighted by Gasteiger charge is 2.11. The Labute approximate surface area is 139 Å². The van der Waals surface area contributed by atoms with Gasteiger partial charge in [0, 0.05) is 20.2 Å². The van der Waals surface area contributed by atoms with Crippen molar-refractivity contribution < 1.29 is 4.79 Å². The monoisotopic (exact) mass is 307 g/mol. The standard InChI is InChI=1S/C21H25NO/c1-14-7-9-18(11-16(14)3)20(13-21(23)22(5)6)19-10-8-15(2)17(4)12-19/h7-13H,1-6H3. The molecule has 0 aliphatic rings. The first-order valence-corrected chi connectivity index (χ1v) is 7.88. The second kappa shape index (κ2) is 6.82. The van der Waals surface area contributed by atoms with Gasteiger partial charge in [-0.3, -0.25) is 4.79 Å². The van der Waals surface area contributed by atoms with Crippen LogP contribution in [0.1, 0.15) is 33.4 Å². The van der Waals surface area contributed by atoms with Gasteiger partial charge in [0.2, 0.25) is 5.91 Å². The van der Waals surface area contributed by atoms with E-state index in [0.717, 1.165) is 16.7 Å². The van der Waals surface area contributed by atoms with E-state index in [-0.39, 0.29) is 5.91 Å². The highest BCUT2D eigenvalue weighted by Crippen LogP contribution is 2.27. The summed E-state index contributed by atoms with van der Waals surface area (Å²) in [5.74, 6) is -0.00328. The number of benzene rings is 2. The van der Waals surface area contributed by atoms with Crippen LogP contribution >= 0.6 is 0 Å². The van der Waals surface area contributed by atoms with Crippen LogP contribution in [0.15, 0.2) is 42.5 Å². The van der Waals surface area contributed by atoms with E-state index in [1.165, 1.54) is 22.3 Å². The van der Waals surface area contributed by atoms with Gasteiger partial charge in [-0.2, -0.15) is 0 Å². The third-order valence-corrected chi connectivity index (χ3v) is 4.34. The van der Waals surface area contributed by atoms with Crippen LogP contribution in [-0.4, -0.2) is 24.9 Å². The summed E-state index contributed by atoms with van der Waals surface area (Å²) in [5, 5.41) is 0. The number of carbonyl (C=O) groups excluding carboxylic acids is 1. The quantitative estimate of drug-likeness (QED) is 0.768. The molecular weight excluding hydrogens is 282 g/mol. The van der Waals surface area contributed by atoms with Gasteiger partial charge in [-0.15, -0.1) is 0 Å². The van der Waals surface area contributed by atoms with E-state index in [0.29, 0.717) is 0 Å². The molecule has 0 aliphatic carbocycles. The molecule has 23 heavy (non-hydrogen) atoms. The Hall–Kier alpha value is -2.35. The molecule has 0 fully saturated rings. The van der Waals surface area contributed by atoms with E-state index in [4.69, 9.17) is 0 Å². The van der Waals surface area contributed by atoms with E-state index >= 15 is 0 Å². The van der Waals surface area contributed by atoms with Crippen molar-refractivity contribution in [1.29, 1.82) is 0 Å². The van der Waals surface area contributed by atoms with E-state index in [1.807, 2.05) is 0 Å². The average Bonchev–Trinajstić information content (AvgIpc) is 2.50. The summed E-state index contributed by atoms with van der Waals surface area (Å²) in [4.78, 5) is 13.9. The van der Waals surface area contributed by atoms with Crippen molar-refractivity contribution >= 4 is 11.5 Å². The van der Waals surface area contributed by atoms with E-state index in [2.05, 4.69) is 64.1 Å². The van der Waals surface area contributed by atoms with Crippen molar-refractivity contribution in [2.24, 2.45) is 0 Å². The van der Waals surface area contributed by atoms with Gasteiger partial charge in [-0.25, -0.2) is 0 Å². The van der Waals surface area contributed by atoms with Gasteiger partial charge < -0.3 is 4.90 Å². The fourth-order valence-corrected chi connectivity index (χ4v) is 2.40. The first kappa shape index (κ1) is 17.0. The number of rotatable bonds is 3. The summed E-state index contributed by atoms with van der Waals surface area (Å²) in [6, 6.07) is 12.7. The molecule has 2 aromatic rings. The highest BCUT2D eigenvalue weighted by atomic mass is 16.2. The average molecular weight is 307 g/mol. The van der Waals surface area contributed by atoms with Gasteiger partial charge in [-0.05, 0) is 66.6 Å². The molecule has 1 amide bonds. The third-order valence-electron chi connectivity index (χ3n) is 4.34. The summed E-state index contributed by atoms with van der Waals surface area (Å²) in [7, 11) is 3.55. The van der Waals surface area contributed by atoms with Gasteiger partial charge >= 0.3 is 0 Å². The molecule has 0 aliphatic heterocycles. The Morgan fingerprint density at radius 3 is 1.57 bits per heavy atom. The van der Waals surface area contributed by atoms with Crippen molar-refractivity contribution in [3.63, 3.8) is 0 Å². The molecule has 2 aromatic carbocycles. The van der Waals surface area contributed by atoms with Crippen molar-refractivity contribution in [2.75, 3.05) is 14.1 Å². The largest absolute Gasteiger partial charge is 0.345 e. The molecule has 120 valence electrons. The lowest BCUT2D eigenvalue weighted by Gasteiger charge is -2.14. The minimum atomic E-state index is -0.00328. The number of aryl methyl sites for hydroxylation is 4. The molecule has 2 heteroatoms. The minimum absolute atomic E-state index is 0.00328. The number of carbonyl (C=O) groups is 1. The van der Waals surface area contributed by atoms with Crippen LogP contribution in [-0.2, 0) is 4.79 Å². The van der Waals surface area contributed by atoms with E-state index in [1.54, 1.807) is 25.1 Å². The minimum Gasteiger partial charge on any atom is -0.345 e. The van der Waals surface area contributed by atoms with E-state index in [9.17, 15) is 4.79 Å². The van der Waals surface area contributed by atoms with Crippen molar-refractivity contribution in [3.8, 4) is 0 Å². The number of likely N-dealkylation sites (N-methyl/N-ethyl adjacent to an activating group) is 1. The lowest BCUT2D eigenvalue weighted by molar-refractivity contribution is -0.123. The molecule has 0 saturated carbocycles. The highest BCUT2D eigenvalue weighted by molar-refractivity contribution is 5.99. The first-order chi connectivity index (χ1) is 10.8. The van der Waals surface area contributed by atoms with Crippen molar-refractivity contribution in [2.45, 2.75) is 27.7 Å². The fraction of sp³-hybridized carbons (Fsp3) is 0.286. The van der Waals surface area contributed by atoms with Crippen LogP contribution < -0.4 is 0 Å². The van der Waals surface area contributed by atoms with Crippen LogP contribution in [0.5, 0.6) is 0 Å². The zero-order valence-electron chi connectivity index (χ0n) is 14.9. The van der Waals surface area contributed by atoms with Crippen LogP contribution in [0.4, 0.5) is 0 Å². The molecule has 0 radical (unpaired) electrons. The Morgan fingerprint density at radius 2 is 1.22 bits per heavy atom. The van der Waals surface area contributed by atoms with Gasteiger partial charge in [0.05, 0.1) is 0 Å². The second-order valence-electron chi connectivity index (χ2n) is 6.39. The predicted molar refractivity (Wildman–Crippen MR) is 97.6 cm³/mol. The lowest BCUT2D eigenvalue weighted by atomic mass is 9.92. The molecule has 0 aromatic heterocycles. The molecule has 0 saturated heterocycles. The molecular formula is C21H25NO. The Morgan fingerprint density at radius 1 is 0.783 bits per heavy atom. The molecule has 0 bridgehead atoms. The molecule has 0 unspecified atom stereocenters. The summed E-state index contributed by atoms with van der Waals surface area (Å²) < 4.78 is 0. The first-order valence-electron chi connectivity index (χ1n) is 7.88. The zero-order valence-corrected chi connectivity index (χ0v) is 14.9. The molecule has 2 rings (SSSR count). The fourth-order valence-electron chi connectivity index (χ4n) is 2.40. The maximum atomic E-state index is 12.3. The molecule has 2 nitrogen and oxygen atoms in total. The smallest absolute Gasteiger partial charge is 0.246 e. The second-order valence-corrected chi connectivity index (χ2v) is 6.39. The molecule has 0 N–H and O–H groups in total. The van der Waals surface area contributed by atoms with E-state index < -0.39 is 0 Å². The van der Waals surface area contributed by atoms with Crippen molar-refractivity contribution in [3.05, 3.63) is 75.9 Å². The summed E-state index contributed by atoms with van der Waals surface area (Å²) in [6.45, 7) is 8.40. The lowest BCUT2D eigenvalue weighted by Crippen LogP contribution is -2.19. The SMILES string of the molecule is Cc1ccc(C(=CC(=O)N(C)C)c2ccc(C)c(C)c2)cc1C. The maximum absolute atomic E-state index is 12.3. The Bertz CT molecular complexity index is 716. The Kier molecular flexibility index (Phi) is 5.05. The molecule has 0 heterocycles.